The molecule has 0 aromatic heterocycles. The van der Waals surface area contributed by atoms with E-state index in [-0.39, 0.29) is 11.9 Å². The third kappa shape index (κ3) is 7.18. The van der Waals surface area contributed by atoms with Crippen molar-refractivity contribution in [3.05, 3.63) is 64.7 Å². The zero-order valence-corrected chi connectivity index (χ0v) is 23.7. The number of hydrogen-bond donors (Lipinski definition) is 0. The highest BCUT2D eigenvalue weighted by Crippen LogP contribution is 2.33. The van der Waals surface area contributed by atoms with Crippen LogP contribution in [-0.4, -0.2) is 61.6 Å². The van der Waals surface area contributed by atoms with Gasteiger partial charge in [0.15, 0.2) is 11.5 Å². The van der Waals surface area contributed by atoms with Crippen LogP contribution >= 0.6 is 0 Å². The smallest absolute Gasteiger partial charge is 0.254 e. The average molecular weight is 541 g/mol. The second kappa shape index (κ2) is 13.4. The molecule has 2 aromatic rings. The molecule has 1 saturated carbocycles. The zero-order valence-electron chi connectivity index (χ0n) is 23.7. The van der Waals surface area contributed by atoms with E-state index in [1.54, 1.807) is 38.5 Å². The van der Waals surface area contributed by atoms with Crippen molar-refractivity contribution in [2.24, 2.45) is 5.92 Å². The lowest BCUT2D eigenvalue weighted by Gasteiger charge is -2.39. The quantitative estimate of drug-likeness (QED) is 0.327. The maximum atomic E-state index is 14.4. The van der Waals surface area contributed by atoms with E-state index in [1.807, 2.05) is 11.8 Å². The van der Waals surface area contributed by atoms with Crippen LogP contribution in [0.15, 0.2) is 42.0 Å². The van der Waals surface area contributed by atoms with Crippen molar-refractivity contribution < 1.29 is 23.0 Å². The molecule has 2 aliphatic rings. The predicted molar refractivity (Wildman–Crippen MR) is 151 cm³/mol. The Hall–Kier alpha value is -2.93. The normalized spacial score (nSPS) is 19.6. The summed E-state index contributed by atoms with van der Waals surface area (Å²) in [6, 6.07) is 9.53. The lowest BCUT2D eigenvalue weighted by Crippen LogP contribution is -2.48. The molecule has 7 heteroatoms. The molecule has 1 heterocycles. The Balaban J connectivity index is 1.59. The minimum absolute atomic E-state index is 0.111. The molecule has 0 spiro atoms. The van der Waals surface area contributed by atoms with Crippen LogP contribution in [0.3, 0.4) is 0 Å². The first-order valence-electron chi connectivity index (χ1n) is 14.2. The van der Waals surface area contributed by atoms with Gasteiger partial charge in [0.25, 0.3) is 5.91 Å². The summed E-state index contributed by atoms with van der Waals surface area (Å²) in [5, 5.41) is 0. The van der Waals surface area contributed by atoms with Gasteiger partial charge in [-0.2, -0.15) is 0 Å². The van der Waals surface area contributed by atoms with E-state index in [9.17, 15) is 13.6 Å². The fraction of sp³-hybridized carbons (Fsp3) is 0.531. The molecule has 39 heavy (non-hydrogen) atoms. The summed E-state index contributed by atoms with van der Waals surface area (Å²) in [5.41, 5.74) is 1.64. The van der Waals surface area contributed by atoms with Crippen molar-refractivity contribution in [1.29, 1.82) is 0 Å². The number of methoxy groups -OCH3 is 2. The molecule has 1 saturated heterocycles. The summed E-state index contributed by atoms with van der Waals surface area (Å²) in [7, 11) is 3.12. The third-order valence-electron chi connectivity index (χ3n) is 8.43. The standard InChI is InChI=1S/C32H42F2N2O3/c1-22(17-25-12-14-27(33)19-29(25)34)20-35(32(37)26-13-15-30(38-3)31(18-26)39-4)21-28-11-8-16-36(28)23(2)24-9-6-5-7-10-24/h12-15,17-19,23-24,28H,5-11,16,20-21H2,1-4H3/b22-17+/t23-,28-/m0/s1. The molecule has 212 valence electrons. The van der Waals surface area contributed by atoms with Crippen LogP contribution in [-0.2, 0) is 0 Å². The summed E-state index contributed by atoms with van der Waals surface area (Å²) in [6.07, 6.45) is 10.4. The Morgan fingerprint density at radius 2 is 1.77 bits per heavy atom. The Kier molecular flexibility index (Phi) is 10.0. The highest BCUT2D eigenvalue weighted by Gasteiger charge is 2.35. The molecule has 2 fully saturated rings. The molecule has 0 unspecified atom stereocenters. The summed E-state index contributed by atoms with van der Waals surface area (Å²) < 4.78 is 38.6. The molecule has 0 bridgehead atoms. The number of nitrogens with zero attached hydrogens (tertiary/aromatic N) is 2. The molecular formula is C32H42F2N2O3. The number of halogens is 2. The minimum Gasteiger partial charge on any atom is -0.493 e. The first kappa shape index (κ1) is 29.1. The monoisotopic (exact) mass is 540 g/mol. The summed E-state index contributed by atoms with van der Waals surface area (Å²) >= 11 is 0. The van der Waals surface area contributed by atoms with Crippen LogP contribution in [0.5, 0.6) is 11.5 Å². The van der Waals surface area contributed by atoms with Crippen molar-refractivity contribution in [1.82, 2.24) is 9.80 Å². The summed E-state index contributed by atoms with van der Waals surface area (Å²) in [6.45, 7) is 6.22. The lowest BCUT2D eigenvalue weighted by atomic mass is 9.83. The number of benzene rings is 2. The van der Waals surface area contributed by atoms with Crippen LogP contribution < -0.4 is 9.47 Å². The molecule has 1 amide bonds. The van der Waals surface area contributed by atoms with Crippen molar-refractivity contribution in [2.45, 2.75) is 70.9 Å². The maximum Gasteiger partial charge on any atom is 0.254 e. The van der Waals surface area contributed by atoms with Crippen molar-refractivity contribution in [2.75, 3.05) is 33.9 Å². The number of amides is 1. The molecule has 0 N–H and O–H groups in total. The van der Waals surface area contributed by atoms with Gasteiger partial charge in [0.2, 0.25) is 0 Å². The van der Waals surface area contributed by atoms with Gasteiger partial charge in [-0.3, -0.25) is 9.69 Å². The Labute approximate surface area is 231 Å². The molecular weight excluding hydrogens is 498 g/mol. The summed E-state index contributed by atoms with van der Waals surface area (Å²) in [4.78, 5) is 18.4. The van der Waals surface area contributed by atoms with Crippen LogP contribution in [0.4, 0.5) is 8.78 Å². The van der Waals surface area contributed by atoms with Gasteiger partial charge in [-0.05, 0) is 82.3 Å². The largest absolute Gasteiger partial charge is 0.493 e. The van der Waals surface area contributed by atoms with Crippen molar-refractivity contribution in [3.63, 3.8) is 0 Å². The van der Waals surface area contributed by atoms with Gasteiger partial charge in [-0.1, -0.05) is 30.9 Å². The average Bonchev–Trinajstić information content (AvgIpc) is 3.41. The van der Waals surface area contributed by atoms with E-state index in [2.05, 4.69) is 11.8 Å². The summed E-state index contributed by atoms with van der Waals surface area (Å²) in [5.74, 6) is 0.429. The second-order valence-electron chi connectivity index (χ2n) is 11.1. The van der Waals surface area contributed by atoms with Crippen molar-refractivity contribution >= 4 is 12.0 Å². The Bertz CT molecular complexity index is 1160. The fourth-order valence-corrected chi connectivity index (χ4v) is 6.33. The van der Waals surface area contributed by atoms with Gasteiger partial charge in [-0.25, -0.2) is 8.78 Å². The maximum absolute atomic E-state index is 14.4. The van der Waals surface area contributed by atoms with Crippen LogP contribution in [0.1, 0.15) is 74.7 Å². The molecule has 1 aliphatic heterocycles. The molecule has 1 aliphatic carbocycles. The van der Waals surface area contributed by atoms with E-state index in [1.165, 1.54) is 44.2 Å². The molecule has 2 aromatic carbocycles. The van der Waals surface area contributed by atoms with Gasteiger partial charge in [0.1, 0.15) is 11.6 Å². The van der Waals surface area contributed by atoms with E-state index in [0.29, 0.717) is 47.7 Å². The number of rotatable bonds is 10. The highest BCUT2D eigenvalue weighted by atomic mass is 19.1. The van der Waals surface area contributed by atoms with E-state index >= 15 is 0 Å². The fourth-order valence-electron chi connectivity index (χ4n) is 6.33. The SMILES string of the molecule is COc1ccc(C(=O)N(C/C(C)=C/c2ccc(F)cc2F)C[C@@H]2CCCN2[C@@H](C)C2CCCCC2)cc1OC. The first-order chi connectivity index (χ1) is 18.8. The van der Waals surface area contributed by atoms with Gasteiger partial charge in [0, 0.05) is 42.4 Å². The molecule has 2 atom stereocenters. The van der Waals surface area contributed by atoms with Gasteiger partial charge < -0.3 is 14.4 Å². The lowest BCUT2D eigenvalue weighted by molar-refractivity contribution is 0.0645. The van der Waals surface area contributed by atoms with Gasteiger partial charge in [0.05, 0.1) is 14.2 Å². The molecule has 4 rings (SSSR count). The number of carbonyl (C=O) groups excluding carboxylic acids is 1. The number of hydrogen-bond acceptors (Lipinski definition) is 4. The minimum atomic E-state index is -0.615. The second-order valence-corrected chi connectivity index (χ2v) is 11.1. The zero-order chi connectivity index (χ0) is 27.9. The predicted octanol–water partition coefficient (Wildman–Crippen LogP) is 6.96. The highest BCUT2D eigenvalue weighted by molar-refractivity contribution is 5.95. The number of ether oxygens (including phenoxy) is 2. The number of likely N-dealkylation sites (tertiary alicyclic amines) is 1. The first-order valence-corrected chi connectivity index (χ1v) is 14.2. The van der Waals surface area contributed by atoms with E-state index in [0.717, 1.165) is 31.0 Å². The third-order valence-corrected chi connectivity index (χ3v) is 8.43. The van der Waals surface area contributed by atoms with Crippen LogP contribution in [0, 0.1) is 17.6 Å². The van der Waals surface area contributed by atoms with Crippen molar-refractivity contribution in [3.8, 4) is 11.5 Å². The topological polar surface area (TPSA) is 42.0 Å². The Morgan fingerprint density at radius 1 is 1.03 bits per heavy atom. The van der Waals surface area contributed by atoms with Gasteiger partial charge in [-0.15, -0.1) is 0 Å². The van der Waals surface area contributed by atoms with E-state index < -0.39 is 11.6 Å². The van der Waals surface area contributed by atoms with Gasteiger partial charge >= 0.3 is 0 Å². The molecule has 5 nitrogen and oxygen atoms in total. The van der Waals surface area contributed by atoms with Crippen LogP contribution in [0.25, 0.3) is 6.08 Å². The van der Waals surface area contributed by atoms with E-state index in [4.69, 9.17) is 9.47 Å². The molecule has 0 radical (unpaired) electrons. The van der Waals surface area contributed by atoms with Crippen LogP contribution in [0.2, 0.25) is 0 Å². The number of carbonyl (C=O) groups is 1. The Morgan fingerprint density at radius 3 is 2.46 bits per heavy atom.